The van der Waals surface area contributed by atoms with Crippen LogP contribution in [0.1, 0.15) is 56.3 Å². The molecule has 2 nitrogen and oxygen atoms in total. The number of fused-ring (bicyclic) bond motifs is 1. The Morgan fingerprint density at radius 3 is 2.55 bits per heavy atom. The van der Waals surface area contributed by atoms with E-state index in [4.69, 9.17) is 4.74 Å². The van der Waals surface area contributed by atoms with E-state index in [-0.39, 0.29) is 5.78 Å². The zero-order valence-electron chi connectivity index (χ0n) is 13.9. The van der Waals surface area contributed by atoms with Gasteiger partial charge in [0.05, 0.1) is 7.11 Å². The molecule has 2 heteroatoms. The molecule has 0 fully saturated rings. The molecule has 0 saturated carbocycles. The van der Waals surface area contributed by atoms with Crippen LogP contribution in [0.2, 0.25) is 0 Å². The molecule has 0 radical (unpaired) electrons. The second-order valence-electron chi connectivity index (χ2n) is 6.14. The summed E-state index contributed by atoms with van der Waals surface area (Å²) in [6, 6.07) is 11.9. The fraction of sp³-hybridized carbons (Fsp3) is 0.450. The summed E-state index contributed by atoms with van der Waals surface area (Å²) in [6.45, 7) is 4.49. The highest BCUT2D eigenvalue weighted by molar-refractivity contribution is 6.00. The van der Waals surface area contributed by atoms with Gasteiger partial charge in [-0.25, -0.2) is 0 Å². The minimum atomic E-state index is 0.251. The highest BCUT2D eigenvalue weighted by Crippen LogP contribution is 2.23. The van der Waals surface area contributed by atoms with Gasteiger partial charge in [0.25, 0.3) is 0 Å². The van der Waals surface area contributed by atoms with E-state index < -0.39 is 0 Å². The molecule has 0 spiro atoms. The van der Waals surface area contributed by atoms with Gasteiger partial charge < -0.3 is 4.74 Å². The molecule has 22 heavy (non-hydrogen) atoms. The van der Waals surface area contributed by atoms with Crippen molar-refractivity contribution in [2.45, 2.75) is 46.0 Å². The second kappa shape index (κ2) is 7.98. The summed E-state index contributed by atoms with van der Waals surface area (Å²) in [5.41, 5.74) is 0.820. The SMILES string of the molecule is CCCC(C)CCCC(=O)c1ccc2cc(OC)ccc2c1. The molecule has 0 aliphatic heterocycles. The van der Waals surface area contributed by atoms with E-state index in [1.807, 2.05) is 36.4 Å². The number of hydrogen-bond acceptors (Lipinski definition) is 2. The summed E-state index contributed by atoms with van der Waals surface area (Å²) in [5, 5.41) is 2.19. The van der Waals surface area contributed by atoms with Crippen molar-refractivity contribution in [2.24, 2.45) is 5.92 Å². The minimum Gasteiger partial charge on any atom is -0.497 e. The van der Waals surface area contributed by atoms with Crippen molar-refractivity contribution in [3.8, 4) is 5.75 Å². The molecule has 0 bridgehead atoms. The molecule has 0 aromatic heterocycles. The first-order valence-corrected chi connectivity index (χ1v) is 8.25. The van der Waals surface area contributed by atoms with Gasteiger partial charge in [-0.3, -0.25) is 4.79 Å². The second-order valence-corrected chi connectivity index (χ2v) is 6.14. The van der Waals surface area contributed by atoms with E-state index >= 15 is 0 Å². The van der Waals surface area contributed by atoms with E-state index in [1.165, 1.54) is 12.8 Å². The maximum atomic E-state index is 12.3. The molecule has 0 amide bonds. The molecule has 0 aliphatic rings. The monoisotopic (exact) mass is 298 g/mol. The summed E-state index contributed by atoms with van der Waals surface area (Å²) in [7, 11) is 1.67. The third kappa shape index (κ3) is 4.33. The van der Waals surface area contributed by atoms with Crippen LogP contribution in [0.15, 0.2) is 36.4 Å². The summed E-state index contributed by atoms with van der Waals surface area (Å²) in [5.74, 6) is 1.82. The summed E-state index contributed by atoms with van der Waals surface area (Å²) in [4.78, 5) is 12.3. The van der Waals surface area contributed by atoms with Gasteiger partial charge in [0, 0.05) is 12.0 Å². The van der Waals surface area contributed by atoms with Gasteiger partial charge in [0.15, 0.2) is 5.78 Å². The Bertz CT molecular complexity index is 631. The molecular weight excluding hydrogens is 272 g/mol. The van der Waals surface area contributed by atoms with Crippen molar-refractivity contribution >= 4 is 16.6 Å². The predicted molar refractivity (Wildman–Crippen MR) is 92.8 cm³/mol. The molecular formula is C20H26O2. The normalized spacial score (nSPS) is 12.3. The number of ether oxygens (including phenoxy) is 1. The quantitative estimate of drug-likeness (QED) is 0.590. The lowest BCUT2D eigenvalue weighted by atomic mass is 9.96. The van der Waals surface area contributed by atoms with Crippen molar-refractivity contribution < 1.29 is 9.53 Å². The number of hydrogen-bond donors (Lipinski definition) is 0. The minimum absolute atomic E-state index is 0.251. The smallest absolute Gasteiger partial charge is 0.162 e. The number of benzene rings is 2. The number of ketones is 1. The Balaban J connectivity index is 1.99. The van der Waals surface area contributed by atoms with Crippen LogP contribution in [-0.2, 0) is 0 Å². The Hall–Kier alpha value is -1.83. The van der Waals surface area contributed by atoms with Gasteiger partial charge >= 0.3 is 0 Å². The molecule has 1 unspecified atom stereocenters. The molecule has 0 aliphatic carbocycles. The van der Waals surface area contributed by atoms with Crippen LogP contribution < -0.4 is 4.74 Å². The highest BCUT2D eigenvalue weighted by Gasteiger charge is 2.08. The molecule has 0 heterocycles. The maximum Gasteiger partial charge on any atom is 0.162 e. The number of carbonyl (C=O) groups excluding carboxylic acids is 1. The standard InChI is InChI=1S/C20H26O2/c1-4-6-15(2)7-5-8-20(21)18-10-9-17-14-19(22-3)12-11-16(17)13-18/h9-15H,4-8H2,1-3H3. The highest BCUT2D eigenvalue weighted by atomic mass is 16.5. The maximum absolute atomic E-state index is 12.3. The van der Waals surface area contributed by atoms with Gasteiger partial charge in [0.2, 0.25) is 0 Å². The zero-order chi connectivity index (χ0) is 15.9. The molecule has 0 N–H and O–H groups in total. The molecule has 0 saturated heterocycles. The summed E-state index contributed by atoms with van der Waals surface area (Å²) >= 11 is 0. The Morgan fingerprint density at radius 1 is 1.09 bits per heavy atom. The van der Waals surface area contributed by atoms with Crippen LogP contribution in [0, 0.1) is 5.92 Å². The number of Topliss-reactive ketones (excluding diaryl/α,β-unsaturated/α-hetero) is 1. The van der Waals surface area contributed by atoms with E-state index in [2.05, 4.69) is 13.8 Å². The van der Waals surface area contributed by atoms with E-state index in [1.54, 1.807) is 7.11 Å². The van der Waals surface area contributed by atoms with Crippen molar-refractivity contribution in [3.63, 3.8) is 0 Å². The number of methoxy groups -OCH3 is 1. The van der Waals surface area contributed by atoms with E-state index in [0.29, 0.717) is 6.42 Å². The van der Waals surface area contributed by atoms with Crippen LogP contribution in [0.3, 0.4) is 0 Å². The molecule has 2 aromatic carbocycles. The first-order valence-electron chi connectivity index (χ1n) is 8.25. The largest absolute Gasteiger partial charge is 0.497 e. The van der Waals surface area contributed by atoms with Crippen LogP contribution in [0.25, 0.3) is 10.8 Å². The first kappa shape index (κ1) is 16.5. The molecule has 2 aromatic rings. The Morgan fingerprint density at radius 2 is 1.82 bits per heavy atom. The third-order valence-corrected chi connectivity index (χ3v) is 4.25. The fourth-order valence-corrected chi connectivity index (χ4v) is 2.92. The van der Waals surface area contributed by atoms with Crippen LogP contribution >= 0.6 is 0 Å². The molecule has 2 rings (SSSR count). The van der Waals surface area contributed by atoms with Crippen molar-refractivity contribution in [3.05, 3.63) is 42.0 Å². The van der Waals surface area contributed by atoms with Crippen molar-refractivity contribution in [1.29, 1.82) is 0 Å². The van der Waals surface area contributed by atoms with Gasteiger partial charge in [-0.1, -0.05) is 51.3 Å². The fourth-order valence-electron chi connectivity index (χ4n) is 2.92. The van der Waals surface area contributed by atoms with Crippen LogP contribution in [0.5, 0.6) is 5.75 Å². The van der Waals surface area contributed by atoms with E-state index in [0.717, 1.165) is 40.8 Å². The third-order valence-electron chi connectivity index (χ3n) is 4.25. The Kier molecular flexibility index (Phi) is 6.00. The first-order chi connectivity index (χ1) is 10.6. The number of rotatable bonds is 8. The molecule has 118 valence electrons. The van der Waals surface area contributed by atoms with Gasteiger partial charge in [-0.2, -0.15) is 0 Å². The average molecular weight is 298 g/mol. The zero-order valence-corrected chi connectivity index (χ0v) is 13.9. The van der Waals surface area contributed by atoms with Gasteiger partial charge in [-0.15, -0.1) is 0 Å². The number of carbonyl (C=O) groups is 1. The van der Waals surface area contributed by atoms with Gasteiger partial charge in [-0.05, 0) is 41.3 Å². The summed E-state index contributed by atoms with van der Waals surface area (Å²) in [6.07, 6.45) is 5.26. The summed E-state index contributed by atoms with van der Waals surface area (Å²) < 4.78 is 5.23. The lowest BCUT2D eigenvalue weighted by molar-refractivity contribution is 0.0978. The van der Waals surface area contributed by atoms with Crippen LogP contribution in [0.4, 0.5) is 0 Å². The van der Waals surface area contributed by atoms with Crippen LogP contribution in [-0.4, -0.2) is 12.9 Å². The van der Waals surface area contributed by atoms with Crippen molar-refractivity contribution in [2.75, 3.05) is 7.11 Å². The average Bonchev–Trinajstić information content (AvgIpc) is 2.54. The lowest BCUT2D eigenvalue weighted by Gasteiger charge is -2.09. The van der Waals surface area contributed by atoms with Gasteiger partial charge in [0.1, 0.15) is 5.75 Å². The van der Waals surface area contributed by atoms with E-state index in [9.17, 15) is 4.79 Å². The topological polar surface area (TPSA) is 26.3 Å². The Labute approximate surface area is 133 Å². The molecule has 1 atom stereocenters. The van der Waals surface area contributed by atoms with Crippen molar-refractivity contribution in [1.82, 2.24) is 0 Å². The lowest BCUT2D eigenvalue weighted by Crippen LogP contribution is -2.01. The predicted octanol–water partition coefficient (Wildman–Crippen LogP) is 5.64.